The first-order valence-corrected chi connectivity index (χ1v) is 6.92. The molecule has 0 N–H and O–H groups in total. The van der Waals surface area contributed by atoms with E-state index >= 15 is 0 Å². The van der Waals surface area contributed by atoms with Crippen molar-refractivity contribution >= 4 is 11.6 Å². The van der Waals surface area contributed by atoms with Crippen molar-refractivity contribution in [2.24, 2.45) is 0 Å². The maximum absolute atomic E-state index is 5.75. The first-order valence-electron chi connectivity index (χ1n) is 6.39. The van der Waals surface area contributed by atoms with Crippen molar-refractivity contribution in [2.75, 3.05) is 33.1 Å². The number of hydrogen-bond acceptors (Lipinski definition) is 2. The zero-order chi connectivity index (χ0) is 13.7. The van der Waals surface area contributed by atoms with Gasteiger partial charge in [-0.2, -0.15) is 0 Å². The van der Waals surface area contributed by atoms with Gasteiger partial charge in [0.2, 0.25) is 0 Å². The van der Waals surface area contributed by atoms with Gasteiger partial charge < -0.3 is 9.64 Å². The molecule has 0 aromatic heterocycles. The van der Waals surface area contributed by atoms with Crippen LogP contribution in [0.2, 0.25) is 0 Å². The lowest BCUT2D eigenvalue weighted by atomic mass is 9.95. The number of benzene rings is 1. The van der Waals surface area contributed by atoms with Crippen LogP contribution in [0.3, 0.4) is 0 Å². The van der Waals surface area contributed by atoms with Crippen LogP contribution in [0.15, 0.2) is 6.07 Å². The molecule has 0 unspecified atom stereocenters. The molecule has 0 bridgehead atoms. The van der Waals surface area contributed by atoms with Crippen LogP contribution < -0.4 is 4.74 Å². The van der Waals surface area contributed by atoms with Crippen molar-refractivity contribution < 1.29 is 4.74 Å². The minimum Gasteiger partial charge on any atom is -0.496 e. The number of alkyl halides is 1. The molecule has 0 saturated heterocycles. The van der Waals surface area contributed by atoms with Crippen molar-refractivity contribution in [2.45, 2.75) is 27.2 Å². The number of aryl methyl sites for hydroxylation is 1. The summed E-state index contributed by atoms with van der Waals surface area (Å²) in [5, 5.41) is 0. The fourth-order valence-corrected chi connectivity index (χ4v) is 2.54. The molecule has 1 rings (SSSR count). The van der Waals surface area contributed by atoms with E-state index in [2.05, 4.69) is 38.8 Å². The summed E-state index contributed by atoms with van der Waals surface area (Å²) in [7, 11) is 3.85. The van der Waals surface area contributed by atoms with Crippen LogP contribution in [0.1, 0.15) is 22.3 Å². The number of halogens is 1. The summed E-state index contributed by atoms with van der Waals surface area (Å²) < 4.78 is 5.40. The number of ether oxygens (including phenoxy) is 1. The van der Waals surface area contributed by atoms with Crippen LogP contribution in [-0.2, 0) is 6.42 Å². The van der Waals surface area contributed by atoms with E-state index in [0.29, 0.717) is 5.88 Å². The van der Waals surface area contributed by atoms with Gasteiger partial charge in [0.15, 0.2) is 0 Å². The summed E-state index contributed by atoms with van der Waals surface area (Å²) in [6.45, 7) is 8.45. The second-order valence-corrected chi connectivity index (χ2v) is 5.24. The highest BCUT2D eigenvalue weighted by Gasteiger charge is 2.11. The van der Waals surface area contributed by atoms with Crippen molar-refractivity contribution in [3.63, 3.8) is 0 Å². The largest absolute Gasteiger partial charge is 0.496 e. The van der Waals surface area contributed by atoms with Gasteiger partial charge in [-0.05, 0) is 62.6 Å². The van der Waals surface area contributed by atoms with Crippen molar-refractivity contribution in [1.29, 1.82) is 0 Å². The van der Waals surface area contributed by atoms with Gasteiger partial charge in [0.25, 0.3) is 0 Å². The summed E-state index contributed by atoms with van der Waals surface area (Å²) in [5.74, 6) is 1.68. The van der Waals surface area contributed by atoms with Gasteiger partial charge in [0.1, 0.15) is 5.75 Å². The molecular formula is C15H24ClNO. The molecule has 0 aliphatic heterocycles. The number of likely N-dealkylation sites (N-methyl/N-ethyl adjacent to an activating group) is 1. The van der Waals surface area contributed by atoms with Crippen molar-refractivity contribution in [3.05, 3.63) is 28.3 Å². The molecule has 0 amide bonds. The molecule has 0 aliphatic carbocycles. The van der Waals surface area contributed by atoms with E-state index in [9.17, 15) is 0 Å². The Morgan fingerprint density at radius 2 is 1.83 bits per heavy atom. The maximum atomic E-state index is 5.75. The molecule has 0 heterocycles. The monoisotopic (exact) mass is 269 g/mol. The summed E-state index contributed by atoms with van der Waals surface area (Å²) in [4.78, 5) is 2.27. The van der Waals surface area contributed by atoms with Gasteiger partial charge in [0, 0.05) is 19.0 Å². The Balaban J connectivity index is 2.86. The Hall–Kier alpha value is -0.730. The minimum atomic E-state index is 0.691. The molecule has 1 aromatic rings. The van der Waals surface area contributed by atoms with Gasteiger partial charge in [-0.3, -0.25) is 0 Å². The van der Waals surface area contributed by atoms with Crippen LogP contribution in [-0.4, -0.2) is 38.0 Å². The van der Waals surface area contributed by atoms with Crippen molar-refractivity contribution in [3.8, 4) is 5.75 Å². The standard InChI is InChI=1S/C15H24ClNO/c1-11-10-15(18-5)13(3)12(2)14(11)6-8-17(4)9-7-16/h10H,6-9H2,1-5H3. The number of hydrogen-bond donors (Lipinski definition) is 0. The lowest BCUT2D eigenvalue weighted by Gasteiger charge is -2.19. The zero-order valence-electron chi connectivity index (χ0n) is 12.1. The van der Waals surface area contributed by atoms with Crippen molar-refractivity contribution in [1.82, 2.24) is 4.90 Å². The first kappa shape index (κ1) is 15.3. The third-order valence-electron chi connectivity index (χ3n) is 3.64. The van der Waals surface area contributed by atoms with E-state index in [-0.39, 0.29) is 0 Å². The molecule has 0 aliphatic rings. The highest BCUT2D eigenvalue weighted by atomic mass is 35.5. The third-order valence-corrected chi connectivity index (χ3v) is 3.81. The summed E-state index contributed by atoms with van der Waals surface area (Å²) in [6.07, 6.45) is 1.07. The lowest BCUT2D eigenvalue weighted by Crippen LogP contribution is -2.23. The summed E-state index contributed by atoms with van der Waals surface area (Å²) in [5.41, 5.74) is 5.35. The quantitative estimate of drug-likeness (QED) is 0.735. The predicted octanol–water partition coefficient (Wildman–Crippen LogP) is 3.33. The van der Waals surface area contributed by atoms with Crippen LogP contribution in [0.25, 0.3) is 0 Å². The second kappa shape index (κ2) is 7.01. The molecule has 0 fully saturated rings. The van der Waals surface area contributed by atoms with E-state index in [1.54, 1.807) is 7.11 Å². The Kier molecular flexibility index (Phi) is 5.97. The third kappa shape index (κ3) is 3.63. The minimum absolute atomic E-state index is 0.691. The highest BCUT2D eigenvalue weighted by Crippen LogP contribution is 2.27. The fraction of sp³-hybridized carbons (Fsp3) is 0.600. The second-order valence-electron chi connectivity index (χ2n) is 4.87. The molecule has 3 heteroatoms. The normalized spacial score (nSPS) is 11.1. The molecule has 1 aromatic carbocycles. The molecule has 0 atom stereocenters. The Morgan fingerprint density at radius 1 is 1.17 bits per heavy atom. The van der Waals surface area contributed by atoms with Gasteiger partial charge in [-0.1, -0.05) is 0 Å². The summed E-state index contributed by atoms with van der Waals surface area (Å²) in [6, 6.07) is 2.14. The number of nitrogens with zero attached hydrogens (tertiary/aromatic N) is 1. The average molecular weight is 270 g/mol. The van der Waals surface area contributed by atoms with Gasteiger partial charge in [-0.25, -0.2) is 0 Å². The topological polar surface area (TPSA) is 12.5 Å². The van der Waals surface area contributed by atoms with Crippen LogP contribution in [0.4, 0.5) is 0 Å². The number of methoxy groups -OCH3 is 1. The molecule has 0 saturated carbocycles. The molecular weight excluding hydrogens is 246 g/mol. The molecule has 2 nitrogen and oxygen atoms in total. The fourth-order valence-electron chi connectivity index (χ4n) is 2.25. The SMILES string of the molecule is COc1cc(C)c(CCN(C)CCCl)c(C)c1C. The lowest BCUT2D eigenvalue weighted by molar-refractivity contribution is 0.359. The van der Waals surface area contributed by atoms with E-state index in [0.717, 1.165) is 25.3 Å². The van der Waals surface area contributed by atoms with E-state index in [4.69, 9.17) is 16.3 Å². The van der Waals surface area contributed by atoms with E-state index < -0.39 is 0 Å². The summed E-state index contributed by atoms with van der Waals surface area (Å²) >= 11 is 5.75. The smallest absolute Gasteiger partial charge is 0.122 e. The Morgan fingerprint density at radius 3 is 2.39 bits per heavy atom. The van der Waals surface area contributed by atoms with E-state index in [1.165, 1.54) is 22.3 Å². The molecule has 0 radical (unpaired) electrons. The first-order chi connectivity index (χ1) is 8.51. The van der Waals surface area contributed by atoms with Gasteiger partial charge >= 0.3 is 0 Å². The molecule has 102 valence electrons. The van der Waals surface area contributed by atoms with Crippen LogP contribution in [0, 0.1) is 20.8 Å². The maximum Gasteiger partial charge on any atom is 0.122 e. The molecule has 18 heavy (non-hydrogen) atoms. The number of rotatable bonds is 6. The van der Waals surface area contributed by atoms with Crippen LogP contribution >= 0.6 is 11.6 Å². The zero-order valence-corrected chi connectivity index (χ0v) is 12.9. The highest BCUT2D eigenvalue weighted by molar-refractivity contribution is 6.18. The predicted molar refractivity (Wildman–Crippen MR) is 79.1 cm³/mol. The Bertz CT molecular complexity index is 404. The molecule has 0 spiro atoms. The Labute approximate surface area is 116 Å². The van der Waals surface area contributed by atoms with Gasteiger partial charge in [0.05, 0.1) is 7.11 Å². The van der Waals surface area contributed by atoms with Crippen LogP contribution in [0.5, 0.6) is 5.75 Å². The van der Waals surface area contributed by atoms with E-state index in [1.807, 2.05) is 0 Å². The average Bonchev–Trinajstić information content (AvgIpc) is 2.34. The van der Waals surface area contributed by atoms with Gasteiger partial charge in [-0.15, -0.1) is 11.6 Å².